The molecule has 0 atom stereocenters. The van der Waals surface area contributed by atoms with Crippen molar-refractivity contribution in [2.24, 2.45) is 0 Å². The molecule has 3 aromatic rings. The molecule has 2 N–H and O–H groups in total. The van der Waals surface area contributed by atoms with Crippen molar-refractivity contribution in [1.82, 2.24) is 9.97 Å². The Kier molecular flexibility index (Phi) is 3.96. The number of nitrogens with one attached hydrogen (secondary N) is 2. The van der Waals surface area contributed by atoms with Crippen molar-refractivity contribution in [3.63, 3.8) is 0 Å². The van der Waals surface area contributed by atoms with Crippen LogP contribution in [0.15, 0.2) is 54.7 Å². The molecule has 0 aliphatic rings. The summed E-state index contributed by atoms with van der Waals surface area (Å²) in [6, 6.07) is 16.7. The van der Waals surface area contributed by atoms with Crippen LogP contribution in [0.2, 0.25) is 0 Å². The van der Waals surface area contributed by atoms with Gasteiger partial charge in [-0.3, -0.25) is 0 Å². The van der Waals surface area contributed by atoms with E-state index in [0.29, 0.717) is 5.95 Å². The van der Waals surface area contributed by atoms with Crippen LogP contribution in [0.25, 0.3) is 10.8 Å². The van der Waals surface area contributed by atoms with E-state index in [1.807, 2.05) is 13.0 Å². The predicted molar refractivity (Wildman–Crippen MR) is 87.5 cm³/mol. The molecule has 0 saturated heterocycles. The largest absolute Gasteiger partial charge is 0.366 e. The summed E-state index contributed by atoms with van der Waals surface area (Å²) in [5.41, 5.74) is 1.26. The number of rotatable bonds is 5. The Morgan fingerprint density at radius 2 is 1.81 bits per heavy atom. The minimum absolute atomic E-state index is 0.653. The lowest BCUT2D eigenvalue weighted by Gasteiger charge is -2.09. The highest BCUT2D eigenvalue weighted by molar-refractivity contribution is 5.85. The summed E-state index contributed by atoms with van der Waals surface area (Å²) in [6.07, 6.45) is 1.76. The first-order valence-electron chi connectivity index (χ1n) is 7.14. The van der Waals surface area contributed by atoms with Crippen LogP contribution < -0.4 is 10.6 Å². The average Bonchev–Trinajstić information content (AvgIpc) is 2.53. The van der Waals surface area contributed by atoms with Gasteiger partial charge >= 0.3 is 0 Å². The first kappa shape index (κ1) is 13.4. The Hall–Kier alpha value is -2.62. The van der Waals surface area contributed by atoms with E-state index in [0.717, 1.165) is 18.9 Å². The lowest BCUT2D eigenvalue weighted by atomic mass is 10.0. The molecule has 0 aliphatic carbocycles. The monoisotopic (exact) mass is 278 g/mol. The molecular weight excluding hydrogens is 260 g/mol. The SMILES string of the molecule is CCNc1nccc(NCc2cccc3ccccc23)n1. The summed E-state index contributed by atoms with van der Waals surface area (Å²) in [6.45, 7) is 3.58. The van der Waals surface area contributed by atoms with E-state index in [1.54, 1.807) is 6.20 Å². The van der Waals surface area contributed by atoms with Gasteiger partial charge in [-0.15, -0.1) is 0 Å². The molecule has 0 amide bonds. The zero-order chi connectivity index (χ0) is 14.5. The standard InChI is InChI=1S/C17H18N4/c1-2-18-17-19-11-10-16(21-17)20-12-14-8-5-7-13-6-3-4-9-15(13)14/h3-11H,2,12H2,1H3,(H2,18,19,20,21). The molecule has 4 heteroatoms. The third kappa shape index (κ3) is 3.11. The fraction of sp³-hybridized carbons (Fsp3) is 0.176. The van der Waals surface area contributed by atoms with E-state index in [1.165, 1.54) is 16.3 Å². The fourth-order valence-electron chi connectivity index (χ4n) is 2.33. The number of anilines is 2. The predicted octanol–water partition coefficient (Wildman–Crippen LogP) is 3.67. The van der Waals surface area contributed by atoms with Gasteiger partial charge in [0.25, 0.3) is 0 Å². The van der Waals surface area contributed by atoms with Crippen molar-refractivity contribution in [2.45, 2.75) is 13.5 Å². The summed E-state index contributed by atoms with van der Waals surface area (Å²) >= 11 is 0. The molecule has 3 rings (SSSR count). The first-order chi connectivity index (χ1) is 10.4. The lowest BCUT2D eigenvalue weighted by Crippen LogP contribution is -2.06. The van der Waals surface area contributed by atoms with Crippen molar-refractivity contribution in [3.8, 4) is 0 Å². The fourth-order valence-corrected chi connectivity index (χ4v) is 2.33. The zero-order valence-electron chi connectivity index (χ0n) is 12.0. The highest BCUT2D eigenvalue weighted by atomic mass is 15.1. The number of nitrogens with zero attached hydrogens (tertiary/aromatic N) is 2. The van der Waals surface area contributed by atoms with Crippen molar-refractivity contribution in [2.75, 3.05) is 17.2 Å². The molecule has 0 radical (unpaired) electrons. The van der Waals surface area contributed by atoms with Gasteiger partial charge in [0.15, 0.2) is 0 Å². The van der Waals surface area contributed by atoms with E-state index in [4.69, 9.17) is 0 Å². The Morgan fingerprint density at radius 1 is 0.952 bits per heavy atom. The molecule has 1 aromatic heterocycles. The van der Waals surface area contributed by atoms with Crippen molar-refractivity contribution in [1.29, 1.82) is 0 Å². The Bertz CT molecular complexity index is 734. The topological polar surface area (TPSA) is 49.8 Å². The molecule has 0 unspecified atom stereocenters. The van der Waals surface area contributed by atoms with Crippen LogP contribution in [-0.4, -0.2) is 16.5 Å². The van der Waals surface area contributed by atoms with Gasteiger partial charge in [0, 0.05) is 19.3 Å². The molecule has 0 spiro atoms. The third-order valence-electron chi connectivity index (χ3n) is 3.33. The van der Waals surface area contributed by atoms with Gasteiger partial charge in [-0.05, 0) is 29.3 Å². The normalized spacial score (nSPS) is 10.5. The molecule has 21 heavy (non-hydrogen) atoms. The number of hydrogen-bond donors (Lipinski definition) is 2. The van der Waals surface area contributed by atoms with Crippen molar-refractivity contribution < 1.29 is 0 Å². The highest BCUT2D eigenvalue weighted by Crippen LogP contribution is 2.19. The number of aromatic nitrogens is 2. The number of benzene rings is 2. The van der Waals surface area contributed by atoms with Crippen LogP contribution in [0.5, 0.6) is 0 Å². The van der Waals surface area contributed by atoms with Gasteiger partial charge in [0.2, 0.25) is 5.95 Å². The lowest BCUT2D eigenvalue weighted by molar-refractivity contribution is 1.06. The smallest absolute Gasteiger partial charge is 0.224 e. The second-order valence-electron chi connectivity index (χ2n) is 4.79. The molecular formula is C17H18N4. The van der Waals surface area contributed by atoms with Gasteiger partial charge in [-0.1, -0.05) is 42.5 Å². The highest BCUT2D eigenvalue weighted by Gasteiger charge is 2.02. The molecule has 0 fully saturated rings. The summed E-state index contributed by atoms with van der Waals surface area (Å²) in [5, 5.41) is 9.00. The van der Waals surface area contributed by atoms with Crippen LogP contribution in [0.3, 0.4) is 0 Å². The van der Waals surface area contributed by atoms with Crippen LogP contribution in [0.4, 0.5) is 11.8 Å². The minimum Gasteiger partial charge on any atom is -0.366 e. The molecule has 0 saturated carbocycles. The second-order valence-corrected chi connectivity index (χ2v) is 4.79. The molecule has 1 heterocycles. The van der Waals surface area contributed by atoms with Crippen LogP contribution >= 0.6 is 0 Å². The maximum atomic E-state index is 4.42. The Morgan fingerprint density at radius 3 is 2.71 bits per heavy atom. The zero-order valence-corrected chi connectivity index (χ0v) is 12.0. The van der Waals surface area contributed by atoms with Gasteiger partial charge < -0.3 is 10.6 Å². The molecule has 0 bridgehead atoms. The van der Waals surface area contributed by atoms with Gasteiger partial charge in [-0.2, -0.15) is 4.98 Å². The van der Waals surface area contributed by atoms with E-state index < -0.39 is 0 Å². The Labute approximate surface area is 124 Å². The van der Waals surface area contributed by atoms with Crippen LogP contribution in [0, 0.1) is 0 Å². The van der Waals surface area contributed by atoms with E-state index in [2.05, 4.69) is 63.1 Å². The summed E-state index contributed by atoms with van der Waals surface area (Å²) in [4.78, 5) is 8.60. The molecule has 106 valence electrons. The van der Waals surface area contributed by atoms with E-state index in [9.17, 15) is 0 Å². The first-order valence-corrected chi connectivity index (χ1v) is 7.14. The maximum absolute atomic E-state index is 4.42. The number of hydrogen-bond acceptors (Lipinski definition) is 4. The average molecular weight is 278 g/mol. The quantitative estimate of drug-likeness (QED) is 0.747. The van der Waals surface area contributed by atoms with Crippen molar-refractivity contribution >= 4 is 22.5 Å². The van der Waals surface area contributed by atoms with E-state index in [-0.39, 0.29) is 0 Å². The molecule has 4 nitrogen and oxygen atoms in total. The summed E-state index contributed by atoms with van der Waals surface area (Å²) < 4.78 is 0. The van der Waals surface area contributed by atoms with Gasteiger partial charge in [0.05, 0.1) is 0 Å². The van der Waals surface area contributed by atoms with Crippen LogP contribution in [0.1, 0.15) is 12.5 Å². The maximum Gasteiger partial charge on any atom is 0.224 e. The van der Waals surface area contributed by atoms with Gasteiger partial charge in [-0.25, -0.2) is 4.98 Å². The van der Waals surface area contributed by atoms with E-state index >= 15 is 0 Å². The third-order valence-corrected chi connectivity index (χ3v) is 3.33. The van der Waals surface area contributed by atoms with Gasteiger partial charge in [0.1, 0.15) is 5.82 Å². The number of fused-ring (bicyclic) bond motifs is 1. The van der Waals surface area contributed by atoms with Crippen molar-refractivity contribution in [3.05, 3.63) is 60.3 Å². The summed E-state index contributed by atoms with van der Waals surface area (Å²) in [5.74, 6) is 1.48. The minimum atomic E-state index is 0.653. The molecule has 0 aliphatic heterocycles. The molecule has 2 aromatic carbocycles. The summed E-state index contributed by atoms with van der Waals surface area (Å²) in [7, 11) is 0. The van der Waals surface area contributed by atoms with Crippen LogP contribution in [-0.2, 0) is 6.54 Å². The Balaban J connectivity index is 1.79. The second kappa shape index (κ2) is 6.22.